The van der Waals surface area contributed by atoms with E-state index in [-0.39, 0.29) is 23.5 Å². The van der Waals surface area contributed by atoms with Gasteiger partial charge in [0.1, 0.15) is 11.8 Å². The quantitative estimate of drug-likeness (QED) is 0.887. The van der Waals surface area contributed by atoms with Crippen LogP contribution in [0.25, 0.3) is 0 Å². The molecule has 1 aromatic carbocycles. The minimum absolute atomic E-state index is 0.170. The molecule has 5 nitrogen and oxygen atoms in total. The van der Waals surface area contributed by atoms with Crippen LogP contribution in [0.3, 0.4) is 0 Å². The number of hydrogen-bond acceptors (Lipinski definition) is 3. The van der Waals surface area contributed by atoms with Crippen molar-refractivity contribution < 1.29 is 27.5 Å². The normalized spacial score (nSPS) is 25.8. The first-order chi connectivity index (χ1) is 12.3. The number of hydrogen-bond donors (Lipinski definition) is 1. The van der Waals surface area contributed by atoms with Gasteiger partial charge in [0.25, 0.3) is 0 Å². The van der Waals surface area contributed by atoms with Gasteiger partial charge in [0.2, 0.25) is 11.8 Å². The van der Waals surface area contributed by atoms with Crippen LogP contribution in [0.4, 0.5) is 13.2 Å². The number of halogens is 3. The second-order valence-corrected chi connectivity index (χ2v) is 6.79. The van der Waals surface area contributed by atoms with Gasteiger partial charge in [0.05, 0.1) is 0 Å². The van der Waals surface area contributed by atoms with Crippen molar-refractivity contribution in [2.45, 2.75) is 44.0 Å². The SMILES string of the molecule is CN(C(=O)[C@@H]1C[C@@H]1c1ccccc1OC(F)(F)F)[C@H]1CCCCNC1=O. The predicted octanol–water partition coefficient (Wildman–Crippen LogP) is 2.82. The van der Waals surface area contributed by atoms with Crippen LogP contribution in [0, 0.1) is 5.92 Å². The number of nitrogens with zero attached hydrogens (tertiary/aromatic N) is 1. The van der Waals surface area contributed by atoms with Crippen LogP contribution in [0.2, 0.25) is 0 Å². The molecule has 1 aromatic rings. The van der Waals surface area contributed by atoms with E-state index in [4.69, 9.17) is 0 Å². The summed E-state index contributed by atoms with van der Waals surface area (Å²) in [4.78, 5) is 26.3. The van der Waals surface area contributed by atoms with Gasteiger partial charge in [-0.25, -0.2) is 0 Å². The molecular weight excluding hydrogens is 349 g/mol. The number of alkyl halides is 3. The van der Waals surface area contributed by atoms with Crippen molar-refractivity contribution in [2.24, 2.45) is 5.92 Å². The van der Waals surface area contributed by atoms with Crippen LogP contribution in [0.1, 0.15) is 37.2 Å². The molecule has 0 bridgehead atoms. The average Bonchev–Trinajstić information content (AvgIpc) is 3.37. The molecule has 2 amide bonds. The van der Waals surface area contributed by atoms with Gasteiger partial charge in [-0.1, -0.05) is 18.2 Å². The monoisotopic (exact) mass is 370 g/mol. The Hall–Kier alpha value is -2.25. The molecule has 0 spiro atoms. The van der Waals surface area contributed by atoms with E-state index >= 15 is 0 Å². The summed E-state index contributed by atoms with van der Waals surface area (Å²) in [5, 5.41) is 2.79. The van der Waals surface area contributed by atoms with E-state index in [1.54, 1.807) is 19.2 Å². The Kier molecular flexibility index (Phi) is 5.11. The van der Waals surface area contributed by atoms with Gasteiger partial charge < -0.3 is 15.0 Å². The van der Waals surface area contributed by atoms with E-state index in [1.807, 2.05) is 0 Å². The molecule has 26 heavy (non-hydrogen) atoms. The van der Waals surface area contributed by atoms with Gasteiger partial charge >= 0.3 is 6.36 Å². The van der Waals surface area contributed by atoms with Crippen molar-refractivity contribution in [2.75, 3.05) is 13.6 Å². The number of para-hydroxylation sites is 1. The highest BCUT2D eigenvalue weighted by Crippen LogP contribution is 2.51. The first-order valence-electron chi connectivity index (χ1n) is 8.67. The molecule has 1 aliphatic heterocycles. The maximum atomic E-state index is 12.7. The molecule has 1 aliphatic carbocycles. The highest BCUT2D eigenvalue weighted by molar-refractivity contribution is 5.90. The number of ether oxygens (including phenoxy) is 1. The van der Waals surface area contributed by atoms with Crippen molar-refractivity contribution in [3.05, 3.63) is 29.8 Å². The number of carbonyl (C=O) groups excluding carboxylic acids is 2. The van der Waals surface area contributed by atoms with Gasteiger partial charge in [-0.3, -0.25) is 9.59 Å². The van der Waals surface area contributed by atoms with E-state index in [2.05, 4.69) is 10.1 Å². The molecule has 2 aliphatic rings. The molecular formula is C18H21F3N2O3. The van der Waals surface area contributed by atoms with E-state index in [0.717, 1.165) is 12.8 Å². The molecule has 0 aromatic heterocycles. The minimum atomic E-state index is -4.78. The molecule has 1 saturated carbocycles. The fourth-order valence-electron chi connectivity index (χ4n) is 3.52. The first-order valence-corrected chi connectivity index (χ1v) is 8.67. The average molecular weight is 370 g/mol. The van der Waals surface area contributed by atoms with E-state index < -0.39 is 18.3 Å². The second kappa shape index (κ2) is 7.17. The summed E-state index contributed by atoms with van der Waals surface area (Å²) >= 11 is 0. The van der Waals surface area contributed by atoms with Gasteiger partial charge in [-0.15, -0.1) is 13.2 Å². The number of rotatable bonds is 4. The second-order valence-electron chi connectivity index (χ2n) is 6.79. The summed E-state index contributed by atoms with van der Waals surface area (Å²) in [7, 11) is 1.59. The molecule has 2 fully saturated rings. The Morgan fingerprint density at radius 2 is 2.00 bits per heavy atom. The summed E-state index contributed by atoms with van der Waals surface area (Å²) in [6, 6.07) is 5.38. The maximum Gasteiger partial charge on any atom is 0.573 e. The number of likely N-dealkylation sites (N-methyl/N-ethyl adjacent to an activating group) is 1. The van der Waals surface area contributed by atoms with Crippen LogP contribution >= 0.6 is 0 Å². The van der Waals surface area contributed by atoms with E-state index in [0.29, 0.717) is 24.9 Å². The van der Waals surface area contributed by atoms with Crippen LogP contribution in [-0.2, 0) is 9.59 Å². The standard InChI is InChI=1S/C18H21F3N2O3/c1-23(14-7-4-5-9-22-16(14)24)17(25)13-10-12(13)11-6-2-3-8-15(11)26-18(19,20)21/h2-3,6,8,12-14H,4-5,7,9-10H2,1H3,(H,22,24)/t12-,13-,14+/m1/s1. The lowest BCUT2D eigenvalue weighted by atomic mass is 10.1. The fraction of sp³-hybridized carbons (Fsp3) is 0.556. The molecule has 3 atom stereocenters. The van der Waals surface area contributed by atoms with Gasteiger partial charge in [0.15, 0.2) is 0 Å². The smallest absolute Gasteiger partial charge is 0.405 e. The highest BCUT2D eigenvalue weighted by Gasteiger charge is 2.48. The fourth-order valence-corrected chi connectivity index (χ4v) is 3.52. The Morgan fingerprint density at radius 1 is 1.27 bits per heavy atom. The molecule has 142 valence electrons. The van der Waals surface area contributed by atoms with Gasteiger partial charge in [-0.05, 0) is 43.2 Å². The predicted molar refractivity (Wildman–Crippen MR) is 87.4 cm³/mol. The third kappa shape index (κ3) is 4.11. The summed E-state index contributed by atoms with van der Waals surface area (Å²) in [5.74, 6) is -1.39. The van der Waals surface area contributed by atoms with Crippen LogP contribution < -0.4 is 10.1 Å². The van der Waals surface area contributed by atoms with E-state index in [1.165, 1.54) is 17.0 Å². The van der Waals surface area contributed by atoms with Crippen LogP contribution in [-0.4, -0.2) is 42.7 Å². The number of benzene rings is 1. The zero-order valence-electron chi connectivity index (χ0n) is 14.4. The third-order valence-corrected chi connectivity index (χ3v) is 4.97. The molecule has 0 radical (unpaired) electrons. The highest BCUT2D eigenvalue weighted by atomic mass is 19.4. The Balaban J connectivity index is 1.70. The van der Waals surface area contributed by atoms with E-state index in [9.17, 15) is 22.8 Å². The van der Waals surface area contributed by atoms with Crippen LogP contribution in [0.15, 0.2) is 24.3 Å². The molecule has 1 saturated heterocycles. The Bertz CT molecular complexity index is 693. The summed E-state index contributed by atoms with van der Waals surface area (Å²) in [5.41, 5.74) is 0.377. The van der Waals surface area contributed by atoms with Crippen molar-refractivity contribution in [3.8, 4) is 5.75 Å². The summed E-state index contributed by atoms with van der Waals surface area (Å²) in [6.07, 6.45) is -2.01. The number of carbonyl (C=O) groups is 2. The maximum absolute atomic E-state index is 12.7. The first kappa shape index (κ1) is 18.5. The van der Waals surface area contributed by atoms with Crippen molar-refractivity contribution in [1.82, 2.24) is 10.2 Å². The zero-order chi connectivity index (χ0) is 18.9. The van der Waals surface area contributed by atoms with Gasteiger partial charge in [0, 0.05) is 19.5 Å². The lowest BCUT2D eigenvalue weighted by molar-refractivity contribution is -0.274. The molecule has 8 heteroatoms. The number of nitrogens with one attached hydrogen (secondary N) is 1. The lowest BCUT2D eigenvalue weighted by Crippen LogP contribution is -2.47. The zero-order valence-corrected chi connectivity index (χ0v) is 14.4. The molecule has 0 unspecified atom stereocenters. The Labute approximate surface area is 149 Å². The molecule has 3 rings (SSSR count). The lowest BCUT2D eigenvalue weighted by Gasteiger charge is -2.26. The van der Waals surface area contributed by atoms with Crippen molar-refractivity contribution in [3.63, 3.8) is 0 Å². The van der Waals surface area contributed by atoms with Gasteiger partial charge in [-0.2, -0.15) is 0 Å². The molecule has 1 N–H and O–H groups in total. The largest absolute Gasteiger partial charge is 0.573 e. The summed E-state index contributed by atoms with van der Waals surface area (Å²) in [6.45, 7) is 0.603. The third-order valence-electron chi connectivity index (χ3n) is 4.97. The van der Waals surface area contributed by atoms with Crippen molar-refractivity contribution >= 4 is 11.8 Å². The Morgan fingerprint density at radius 3 is 2.73 bits per heavy atom. The topological polar surface area (TPSA) is 58.6 Å². The summed E-state index contributed by atoms with van der Waals surface area (Å²) < 4.78 is 41.8. The number of amides is 2. The van der Waals surface area contributed by atoms with Crippen molar-refractivity contribution in [1.29, 1.82) is 0 Å². The molecule has 1 heterocycles. The minimum Gasteiger partial charge on any atom is -0.405 e. The van der Waals surface area contributed by atoms with Crippen LogP contribution in [0.5, 0.6) is 5.75 Å².